The largest absolute Gasteiger partial charge is 0.490 e. The lowest BCUT2D eigenvalue weighted by Gasteiger charge is -2.40. The summed E-state index contributed by atoms with van der Waals surface area (Å²) in [6.45, 7) is 1.40. The molecule has 9 heteroatoms. The van der Waals surface area contributed by atoms with E-state index < -0.39 is 18.1 Å². The van der Waals surface area contributed by atoms with Gasteiger partial charge in [-0.2, -0.15) is 0 Å². The molecule has 2 fully saturated rings. The first-order valence-corrected chi connectivity index (χ1v) is 12.2. The number of ether oxygens (including phenoxy) is 3. The number of aliphatic hydroxyl groups is 1. The average Bonchev–Trinajstić information content (AvgIpc) is 2.99. The molecule has 4 heterocycles. The molecule has 0 radical (unpaired) electrons. The highest BCUT2D eigenvalue weighted by Gasteiger charge is 2.46. The van der Waals surface area contributed by atoms with Crippen molar-refractivity contribution in [2.24, 2.45) is 5.92 Å². The maximum atomic E-state index is 13.1. The average molecular weight is 482 g/mol. The lowest BCUT2D eigenvalue weighted by molar-refractivity contribution is -0.148. The third-order valence-corrected chi connectivity index (χ3v) is 6.97. The van der Waals surface area contributed by atoms with Crippen LogP contribution in [0.15, 0.2) is 42.7 Å². The fourth-order valence-corrected chi connectivity index (χ4v) is 5.24. The van der Waals surface area contributed by atoms with Gasteiger partial charge in [0.05, 0.1) is 44.4 Å². The Morgan fingerprint density at radius 3 is 2.89 bits per heavy atom. The van der Waals surface area contributed by atoms with E-state index in [4.69, 9.17) is 14.2 Å². The highest BCUT2D eigenvalue weighted by atomic mass is 16.5. The summed E-state index contributed by atoms with van der Waals surface area (Å²) in [5.41, 5.74) is 2.52. The molecule has 4 atom stereocenters. The summed E-state index contributed by atoms with van der Waals surface area (Å²) in [7, 11) is 0. The SMILES string of the molecule is O=C(C[C@H]1C[C@@H]2c3cc(ccc3OC3CCOCC3)NC(=O)[C@@H]2[C@H](CO)O1)NCc1cccnc1. The first kappa shape index (κ1) is 23.7. The van der Waals surface area contributed by atoms with Crippen molar-refractivity contribution in [3.63, 3.8) is 0 Å². The van der Waals surface area contributed by atoms with Gasteiger partial charge in [-0.15, -0.1) is 0 Å². The van der Waals surface area contributed by atoms with Crippen molar-refractivity contribution in [3.8, 4) is 5.75 Å². The van der Waals surface area contributed by atoms with Crippen molar-refractivity contribution in [3.05, 3.63) is 53.9 Å². The Morgan fingerprint density at radius 2 is 2.11 bits per heavy atom. The molecule has 2 aromatic rings. The molecule has 0 saturated carbocycles. The van der Waals surface area contributed by atoms with Crippen LogP contribution in [-0.2, 0) is 25.6 Å². The van der Waals surface area contributed by atoms with Gasteiger partial charge in [0.2, 0.25) is 11.8 Å². The van der Waals surface area contributed by atoms with Gasteiger partial charge in [0.15, 0.2) is 0 Å². The number of fused-ring (bicyclic) bond motifs is 4. The third-order valence-electron chi connectivity index (χ3n) is 6.97. The number of aliphatic hydroxyl groups excluding tert-OH is 1. The molecule has 3 aliphatic heterocycles. The predicted octanol–water partition coefficient (Wildman–Crippen LogP) is 2.15. The zero-order valence-electron chi connectivity index (χ0n) is 19.5. The second-order valence-corrected chi connectivity index (χ2v) is 9.36. The molecule has 2 bridgehead atoms. The number of rotatable bonds is 7. The lowest BCUT2D eigenvalue weighted by Crippen LogP contribution is -2.48. The van der Waals surface area contributed by atoms with Crippen LogP contribution in [-0.4, -0.2) is 60.0 Å². The van der Waals surface area contributed by atoms with Crippen LogP contribution in [0.2, 0.25) is 0 Å². The summed E-state index contributed by atoms with van der Waals surface area (Å²) in [4.78, 5) is 29.9. The predicted molar refractivity (Wildman–Crippen MR) is 127 cm³/mol. The number of carbonyl (C=O) groups is 2. The van der Waals surface area contributed by atoms with Gasteiger partial charge in [0, 0.05) is 48.9 Å². The van der Waals surface area contributed by atoms with Gasteiger partial charge in [0.1, 0.15) is 11.9 Å². The summed E-state index contributed by atoms with van der Waals surface area (Å²) in [5, 5.41) is 16.0. The number of aromatic nitrogens is 1. The number of amides is 2. The van der Waals surface area contributed by atoms with Crippen LogP contribution in [0.25, 0.3) is 0 Å². The molecule has 35 heavy (non-hydrogen) atoms. The molecular weight excluding hydrogens is 450 g/mol. The molecule has 5 rings (SSSR count). The molecule has 0 spiro atoms. The maximum Gasteiger partial charge on any atom is 0.230 e. The van der Waals surface area contributed by atoms with Crippen LogP contribution in [0.5, 0.6) is 5.75 Å². The smallest absolute Gasteiger partial charge is 0.230 e. The van der Waals surface area contributed by atoms with Gasteiger partial charge < -0.3 is 30.0 Å². The Bertz CT molecular complexity index is 1040. The van der Waals surface area contributed by atoms with Crippen LogP contribution in [0, 0.1) is 5.92 Å². The van der Waals surface area contributed by atoms with Crippen molar-refractivity contribution >= 4 is 17.5 Å². The Kier molecular flexibility index (Phi) is 7.26. The monoisotopic (exact) mass is 481 g/mol. The molecule has 1 aromatic carbocycles. The minimum absolute atomic E-state index is 0.0544. The van der Waals surface area contributed by atoms with Gasteiger partial charge in [-0.1, -0.05) is 6.07 Å². The molecule has 2 amide bonds. The molecule has 3 N–H and O–H groups in total. The Hall–Kier alpha value is -3.01. The van der Waals surface area contributed by atoms with E-state index in [-0.39, 0.29) is 36.9 Å². The fraction of sp³-hybridized carbons (Fsp3) is 0.500. The molecule has 0 aliphatic carbocycles. The highest BCUT2D eigenvalue weighted by molar-refractivity contribution is 5.95. The molecule has 9 nitrogen and oxygen atoms in total. The molecule has 0 unspecified atom stereocenters. The number of nitrogens with zero attached hydrogens (tertiary/aromatic N) is 1. The minimum Gasteiger partial charge on any atom is -0.490 e. The van der Waals surface area contributed by atoms with E-state index in [0.29, 0.717) is 31.9 Å². The van der Waals surface area contributed by atoms with Crippen LogP contribution in [0.1, 0.15) is 42.7 Å². The van der Waals surface area contributed by atoms with Gasteiger partial charge in [-0.25, -0.2) is 0 Å². The molecule has 186 valence electrons. The second kappa shape index (κ2) is 10.7. The Balaban J connectivity index is 1.33. The summed E-state index contributed by atoms with van der Waals surface area (Å²) in [6.07, 6.45) is 4.54. The first-order chi connectivity index (χ1) is 17.1. The summed E-state index contributed by atoms with van der Waals surface area (Å²) in [5.74, 6) is -0.419. The number of hydrogen-bond acceptors (Lipinski definition) is 7. The quantitative estimate of drug-likeness (QED) is 0.554. The van der Waals surface area contributed by atoms with Gasteiger partial charge >= 0.3 is 0 Å². The number of anilines is 1. The second-order valence-electron chi connectivity index (χ2n) is 9.36. The van der Waals surface area contributed by atoms with E-state index in [2.05, 4.69) is 15.6 Å². The van der Waals surface area contributed by atoms with E-state index in [1.54, 1.807) is 12.4 Å². The van der Waals surface area contributed by atoms with E-state index >= 15 is 0 Å². The van der Waals surface area contributed by atoms with Crippen LogP contribution >= 0.6 is 0 Å². The standard InChI is InChI=1S/C26H31N3O6/c30-15-23-25-21(11-19(35-23)12-24(31)28-14-16-2-1-7-27-13-16)20-10-17(29-26(25)32)3-4-22(20)34-18-5-8-33-9-6-18/h1-4,7,10,13,18-19,21,23,25,30H,5-6,8-9,11-12,14-15H2,(H,28,31)(H,29,32)/t19-,21-,23+,25+/m1/s1. The molecule has 2 saturated heterocycles. The number of hydrogen-bond donors (Lipinski definition) is 3. The summed E-state index contributed by atoms with van der Waals surface area (Å²) in [6, 6.07) is 9.42. The zero-order chi connectivity index (χ0) is 24.2. The lowest BCUT2D eigenvalue weighted by atomic mass is 9.76. The van der Waals surface area contributed by atoms with E-state index in [1.165, 1.54) is 0 Å². The van der Waals surface area contributed by atoms with E-state index in [0.717, 1.165) is 29.7 Å². The van der Waals surface area contributed by atoms with Crippen LogP contribution < -0.4 is 15.4 Å². The number of nitrogens with one attached hydrogen (secondary N) is 2. The van der Waals surface area contributed by atoms with Crippen molar-refractivity contribution < 1.29 is 28.9 Å². The van der Waals surface area contributed by atoms with Crippen LogP contribution in [0.3, 0.4) is 0 Å². The first-order valence-electron chi connectivity index (χ1n) is 12.2. The Labute approximate surface area is 204 Å². The highest BCUT2D eigenvalue weighted by Crippen LogP contribution is 2.46. The van der Waals surface area contributed by atoms with Crippen LogP contribution in [0.4, 0.5) is 5.69 Å². The van der Waals surface area contributed by atoms with Crippen molar-refractivity contribution in [1.82, 2.24) is 10.3 Å². The van der Waals surface area contributed by atoms with Crippen molar-refractivity contribution in [1.29, 1.82) is 0 Å². The normalized spacial score (nSPS) is 26.3. The minimum atomic E-state index is -0.713. The maximum absolute atomic E-state index is 13.1. The molecular formula is C26H31N3O6. The van der Waals surface area contributed by atoms with Gasteiger partial charge in [-0.3, -0.25) is 14.6 Å². The number of carbonyl (C=O) groups excluding carboxylic acids is 2. The molecule has 1 aromatic heterocycles. The topological polar surface area (TPSA) is 119 Å². The van der Waals surface area contributed by atoms with Gasteiger partial charge in [-0.05, 0) is 36.2 Å². The zero-order valence-corrected chi connectivity index (χ0v) is 19.5. The number of pyridine rings is 1. The van der Waals surface area contributed by atoms with Crippen molar-refractivity contribution in [2.75, 3.05) is 25.1 Å². The van der Waals surface area contributed by atoms with Crippen molar-refractivity contribution in [2.45, 2.75) is 56.5 Å². The summed E-state index contributed by atoms with van der Waals surface area (Å²) >= 11 is 0. The third kappa shape index (κ3) is 5.47. The number of benzene rings is 1. The molecule has 3 aliphatic rings. The van der Waals surface area contributed by atoms with E-state index in [9.17, 15) is 14.7 Å². The van der Waals surface area contributed by atoms with E-state index in [1.807, 2.05) is 30.3 Å². The Morgan fingerprint density at radius 1 is 1.26 bits per heavy atom. The fourth-order valence-electron chi connectivity index (χ4n) is 5.24. The van der Waals surface area contributed by atoms with Gasteiger partial charge in [0.25, 0.3) is 0 Å². The summed E-state index contributed by atoms with van der Waals surface area (Å²) < 4.78 is 17.9.